The third-order valence-electron chi connectivity index (χ3n) is 7.08. The van der Waals surface area contributed by atoms with Gasteiger partial charge in [0, 0.05) is 18.8 Å². The summed E-state index contributed by atoms with van der Waals surface area (Å²) in [6.45, 7) is 3.66. The number of rotatable bonds is 6. The summed E-state index contributed by atoms with van der Waals surface area (Å²) in [4.78, 5) is 21.9. The van der Waals surface area contributed by atoms with Crippen LogP contribution >= 0.6 is 0 Å². The zero-order valence-corrected chi connectivity index (χ0v) is 16.9. The summed E-state index contributed by atoms with van der Waals surface area (Å²) in [5.74, 6) is 1.90. The monoisotopic (exact) mass is 402 g/mol. The molecule has 4 bridgehead atoms. The molecular weight excluding hydrogens is 372 g/mol. The number of anilines is 1. The molecule has 2 unspecified atom stereocenters. The Bertz CT molecular complexity index is 766. The van der Waals surface area contributed by atoms with Crippen LogP contribution in [0.15, 0.2) is 6.20 Å². The van der Waals surface area contributed by atoms with E-state index in [1.807, 2.05) is 6.92 Å². The van der Waals surface area contributed by atoms with Gasteiger partial charge in [0.2, 0.25) is 11.8 Å². The highest BCUT2D eigenvalue weighted by Crippen LogP contribution is 2.55. The van der Waals surface area contributed by atoms with Gasteiger partial charge in [0.15, 0.2) is 0 Å². The lowest BCUT2D eigenvalue weighted by Gasteiger charge is -2.58. The lowest BCUT2D eigenvalue weighted by Crippen LogP contribution is -2.61. The quantitative estimate of drug-likeness (QED) is 0.666. The molecule has 8 heteroatoms. The molecular formula is C21H30N4O4. The number of hydrogen-bond donors (Lipinski definition) is 3. The number of hydrogen-bond acceptors (Lipinski definition) is 7. The zero-order chi connectivity index (χ0) is 20.0. The number of carbonyl (C=O) groups is 1. The van der Waals surface area contributed by atoms with Gasteiger partial charge in [-0.25, -0.2) is 4.98 Å². The van der Waals surface area contributed by atoms with E-state index in [0.717, 1.165) is 45.1 Å². The Balaban J connectivity index is 1.31. The van der Waals surface area contributed by atoms with Crippen LogP contribution in [-0.4, -0.2) is 58.5 Å². The topological polar surface area (TPSA) is 106 Å². The molecule has 3 N–H and O–H groups in total. The fourth-order valence-corrected chi connectivity index (χ4v) is 6.12. The second kappa shape index (κ2) is 7.40. The predicted octanol–water partition coefficient (Wildman–Crippen LogP) is 1.75. The van der Waals surface area contributed by atoms with Crippen LogP contribution < -0.4 is 15.4 Å². The van der Waals surface area contributed by atoms with E-state index in [4.69, 9.17) is 9.47 Å². The van der Waals surface area contributed by atoms with Crippen molar-refractivity contribution in [3.05, 3.63) is 11.8 Å². The molecule has 158 valence electrons. The van der Waals surface area contributed by atoms with Crippen molar-refractivity contribution in [1.82, 2.24) is 15.3 Å². The van der Waals surface area contributed by atoms with Crippen LogP contribution in [0.2, 0.25) is 0 Å². The first-order valence-electron chi connectivity index (χ1n) is 10.9. The number of nitrogens with zero attached hydrogens (tertiary/aromatic N) is 2. The van der Waals surface area contributed by atoms with E-state index in [1.165, 1.54) is 0 Å². The van der Waals surface area contributed by atoms with Crippen LogP contribution in [0, 0.1) is 17.8 Å². The number of nitrogens with one attached hydrogen (secondary N) is 2. The van der Waals surface area contributed by atoms with Crippen molar-refractivity contribution in [3.63, 3.8) is 0 Å². The number of ether oxygens (including phenoxy) is 2. The van der Waals surface area contributed by atoms with Crippen LogP contribution in [0.4, 0.5) is 5.95 Å². The molecule has 5 aliphatic rings. The Hall–Kier alpha value is -1.93. The maximum atomic E-state index is 13.1. The van der Waals surface area contributed by atoms with Crippen molar-refractivity contribution in [2.45, 2.75) is 63.1 Å². The lowest BCUT2D eigenvalue weighted by atomic mass is 9.52. The highest BCUT2D eigenvalue weighted by molar-refractivity contribution is 5.96. The fourth-order valence-electron chi connectivity index (χ4n) is 6.12. The average Bonchev–Trinajstić information content (AvgIpc) is 3.17. The maximum Gasteiger partial charge on any atom is 0.258 e. The summed E-state index contributed by atoms with van der Waals surface area (Å²) in [6, 6.07) is 0.297. The molecule has 4 saturated carbocycles. The van der Waals surface area contributed by atoms with Gasteiger partial charge in [0.05, 0.1) is 24.9 Å². The SMILES string of the molecule is CCOc1nc(N[C@@H]2CCOC2)ncc1C(=O)N[C@H]1C2CC3CC1C[C@@](O)(C3)C2. The molecule has 1 aromatic rings. The van der Waals surface area contributed by atoms with Crippen molar-refractivity contribution in [1.29, 1.82) is 0 Å². The molecule has 8 nitrogen and oxygen atoms in total. The van der Waals surface area contributed by atoms with Crippen LogP contribution in [0.25, 0.3) is 0 Å². The molecule has 5 fully saturated rings. The Morgan fingerprint density at radius 2 is 2.14 bits per heavy atom. The minimum atomic E-state index is -0.505. The van der Waals surface area contributed by atoms with E-state index in [0.29, 0.717) is 48.4 Å². The predicted molar refractivity (Wildman–Crippen MR) is 106 cm³/mol. The Kier molecular flexibility index (Phi) is 4.86. The molecule has 1 aliphatic heterocycles. The molecule has 6 rings (SSSR count). The van der Waals surface area contributed by atoms with Gasteiger partial charge in [-0.1, -0.05) is 0 Å². The van der Waals surface area contributed by atoms with E-state index in [2.05, 4.69) is 20.6 Å². The summed E-state index contributed by atoms with van der Waals surface area (Å²) in [7, 11) is 0. The highest BCUT2D eigenvalue weighted by atomic mass is 16.5. The maximum absolute atomic E-state index is 13.1. The molecule has 4 aliphatic carbocycles. The van der Waals surface area contributed by atoms with Crippen molar-refractivity contribution in [3.8, 4) is 5.88 Å². The van der Waals surface area contributed by atoms with E-state index >= 15 is 0 Å². The number of aliphatic hydroxyl groups is 1. The van der Waals surface area contributed by atoms with Crippen molar-refractivity contribution < 1.29 is 19.4 Å². The first-order valence-corrected chi connectivity index (χ1v) is 10.9. The normalized spacial score (nSPS) is 37.5. The van der Waals surface area contributed by atoms with Gasteiger partial charge >= 0.3 is 0 Å². The van der Waals surface area contributed by atoms with Gasteiger partial charge in [0.25, 0.3) is 5.91 Å². The summed E-state index contributed by atoms with van der Waals surface area (Å²) in [5.41, 5.74) is -0.137. The number of carbonyl (C=O) groups excluding carboxylic acids is 1. The van der Waals surface area contributed by atoms with E-state index in [1.54, 1.807) is 6.20 Å². The second-order valence-electron chi connectivity index (χ2n) is 9.24. The Morgan fingerprint density at radius 3 is 2.79 bits per heavy atom. The molecule has 0 spiro atoms. The summed E-state index contributed by atoms with van der Waals surface area (Å²) < 4.78 is 11.0. The minimum Gasteiger partial charge on any atom is -0.477 e. The zero-order valence-electron chi connectivity index (χ0n) is 16.9. The van der Waals surface area contributed by atoms with Crippen LogP contribution in [-0.2, 0) is 4.74 Å². The second-order valence-corrected chi connectivity index (χ2v) is 9.24. The number of amides is 1. The smallest absolute Gasteiger partial charge is 0.258 e. The molecule has 29 heavy (non-hydrogen) atoms. The first kappa shape index (κ1) is 19.1. The Labute approximate surface area is 170 Å². The molecule has 1 amide bonds. The van der Waals surface area contributed by atoms with Crippen LogP contribution in [0.5, 0.6) is 5.88 Å². The fraction of sp³-hybridized carbons (Fsp3) is 0.762. The van der Waals surface area contributed by atoms with Gasteiger partial charge in [-0.2, -0.15) is 4.98 Å². The standard InChI is InChI=1S/C21H30N4O4/c1-2-29-19-16(10-22-20(25-19)23-15-3-4-28-11-15)18(26)24-17-13-5-12-6-14(17)9-21(27,7-12)8-13/h10,12-15,17,27H,2-9,11H2,1H3,(H,24,26)(H,22,23,25)/t12?,13?,14?,15-,17-,21+/m1/s1. The minimum absolute atomic E-state index is 0.113. The molecule has 1 saturated heterocycles. The van der Waals surface area contributed by atoms with E-state index in [-0.39, 0.29) is 18.0 Å². The van der Waals surface area contributed by atoms with Crippen LogP contribution in [0.3, 0.4) is 0 Å². The summed E-state index contributed by atoms with van der Waals surface area (Å²) >= 11 is 0. The molecule has 0 aromatic carbocycles. The van der Waals surface area contributed by atoms with Crippen molar-refractivity contribution in [2.24, 2.45) is 17.8 Å². The third-order valence-corrected chi connectivity index (χ3v) is 7.08. The van der Waals surface area contributed by atoms with E-state index in [9.17, 15) is 9.90 Å². The summed E-state index contributed by atoms with van der Waals surface area (Å²) in [5, 5.41) is 17.2. The third kappa shape index (κ3) is 3.68. The molecule has 1 aromatic heterocycles. The van der Waals surface area contributed by atoms with Crippen molar-refractivity contribution in [2.75, 3.05) is 25.1 Å². The largest absolute Gasteiger partial charge is 0.477 e. The van der Waals surface area contributed by atoms with Gasteiger partial charge in [0.1, 0.15) is 5.56 Å². The van der Waals surface area contributed by atoms with Gasteiger partial charge in [-0.3, -0.25) is 4.79 Å². The highest BCUT2D eigenvalue weighted by Gasteiger charge is 2.55. The van der Waals surface area contributed by atoms with Gasteiger partial charge < -0.3 is 25.2 Å². The van der Waals surface area contributed by atoms with Gasteiger partial charge in [-0.05, 0) is 63.2 Å². The van der Waals surface area contributed by atoms with Crippen LogP contribution in [0.1, 0.15) is 55.8 Å². The summed E-state index contributed by atoms with van der Waals surface area (Å²) in [6.07, 6.45) is 7.19. The van der Waals surface area contributed by atoms with Gasteiger partial charge in [-0.15, -0.1) is 0 Å². The number of aromatic nitrogens is 2. The average molecular weight is 402 g/mol. The lowest BCUT2D eigenvalue weighted by molar-refractivity contribution is -0.136. The molecule has 3 atom stereocenters. The molecule has 0 radical (unpaired) electrons. The van der Waals surface area contributed by atoms with E-state index < -0.39 is 5.60 Å². The Morgan fingerprint density at radius 1 is 1.34 bits per heavy atom. The molecule has 2 heterocycles. The van der Waals surface area contributed by atoms with Crippen molar-refractivity contribution >= 4 is 11.9 Å². The first-order chi connectivity index (χ1) is 14.0.